The molecule has 2 heteroatoms. The molecule has 1 aliphatic heterocycles. The topological polar surface area (TPSA) is 26.0 Å². The molecule has 1 aliphatic carbocycles. The third-order valence-corrected chi connectivity index (χ3v) is 6.44. The Bertz CT molecular complexity index is 431. The van der Waals surface area contributed by atoms with Crippen LogP contribution in [0.4, 0.5) is 0 Å². The summed E-state index contributed by atoms with van der Waals surface area (Å²) >= 11 is 2.11. The SMILES string of the molecule is NCC1(c2cccc(C3CCSCC3)c2)CCCCC1. The lowest BCUT2D eigenvalue weighted by Gasteiger charge is -2.37. The van der Waals surface area contributed by atoms with Crippen LogP contribution in [0.2, 0.25) is 0 Å². The summed E-state index contributed by atoms with van der Waals surface area (Å²) in [5, 5.41) is 0. The van der Waals surface area contributed by atoms with Crippen LogP contribution in [0.25, 0.3) is 0 Å². The fraction of sp³-hybridized carbons (Fsp3) is 0.667. The molecule has 1 aromatic rings. The molecule has 20 heavy (non-hydrogen) atoms. The normalized spacial score (nSPS) is 23.6. The van der Waals surface area contributed by atoms with Crippen molar-refractivity contribution in [1.82, 2.24) is 0 Å². The molecule has 3 rings (SSSR count). The van der Waals surface area contributed by atoms with Crippen LogP contribution in [0.1, 0.15) is 62.0 Å². The van der Waals surface area contributed by atoms with Crippen molar-refractivity contribution in [1.29, 1.82) is 0 Å². The van der Waals surface area contributed by atoms with Crippen LogP contribution in [-0.2, 0) is 5.41 Å². The van der Waals surface area contributed by atoms with Crippen LogP contribution in [-0.4, -0.2) is 18.1 Å². The van der Waals surface area contributed by atoms with E-state index in [1.807, 2.05) is 0 Å². The average Bonchev–Trinajstić information content (AvgIpc) is 2.56. The predicted octanol–water partition coefficient (Wildman–Crippen LogP) is 4.46. The van der Waals surface area contributed by atoms with Crippen molar-refractivity contribution in [3.05, 3.63) is 35.4 Å². The Kier molecular flexibility index (Phi) is 4.72. The van der Waals surface area contributed by atoms with E-state index in [2.05, 4.69) is 36.0 Å². The molecule has 1 heterocycles. The Labute approximate surface area is 127 Å². The Balaban J connectivity index is 1.85. The third-order valence-electron chi connectivity index (χ3n) is 5.39. The van der Waals surface area contributed by atoms with Gasteiger partial charge in [-0.2, -0.15) is 11.8 Å². The summed E-state index contributed by atoms with van der Waals surface area (Å²) in [6.45, 7) is 0.816. The highest BCUT2D eigenvalue weighted by Gasteiger charge is 2.32. The first kappa shape index (κ1) is 14.5. The Morgan fingerprint density at radius 1 is 1.10 bits per heavy atom. The van der Waals surface area contributed by atoms with E-state index in [0.717, 1.165) is 12.5 Å². The summed E-state index contributed by atoms with van der Waals surface area (Å²) in [5.74, 6) is 3.45. The van der Waals surface area contributed by atoms with Crippen molar-refractivity contribution < 1.29 is 0 Å². The van der Waals surface area contributed by atoms with E-state index in [4.69, 9.17) is 5.73 Å². The number of hydrogen-bond donors (Lipinski definition) is 1. The van der Waals surface area contributed by atoms with Gasteiger partial charge in [-0.1, -0.05) is 43.5 Å². The zero-order valence-electron chi connectivity index (χ0n) is 12.4. The van der Waals surface area contributed by atoms with Gasteiger partial charge in [-0.3, -0.25) is 0 Å². The highest BCUT2D eigenvalue weighted by molar-refractivity contribution is 7.99. The van der Waals surface area contributed by atoms with Crippen molar-refractivity contribution in [3.63, 3.8) is 0 Å². The summed E-state index contributed by atoms with van der Waals surface area (Å²) in [5.41, 5.74) is 9.57. The Morgan fingerprint density at radius 2 is 1.85 bits per heavy atom. The molecular formula is C18H27NS. The summed E-state index contributed by atoms with van der Waals surface area (Å²) in [6.07, 6.45) is 9.36. The smallest absolute Gasteiger partial charge is 0.00756 e. The van der Waals surface area contributed by atoms with E-state index in [9.17, 15) is 0 Å². The van der Waals surface area contributed by atoms with Crippen LogP contribution in [0, 0.1) is 0 Å². The largest absolute Gasteiger partial charge is 0.330 e. The van der Waals surface area contributed by atoms with Crippen molar-refractivity contribution >= 4 is 11.8 Å². The molecule has 1 aromatic carbocycles. The van der Waals surface area contributed by atoms with Gasteiger partial charge in [0.05, 0.1) is 0 Å². The first-order valence-corrected chi connectivity index (χ1v) is 9.38. The molecule has 0 aromatic heterocycles. The molecule has 2 N–H and O–H groups in total. The summed E-state index contributed by atoms with van der Waals surface area (Å²) in [6, 6.07) is 9.45. The van der Waals surface area contributed by atoms with Gasteiger partial charge in [0.1, 0.15) is 0 Å². The van der Waals surface area contributed by atoms with Crippen LogP contribution in [0.15, 0.2) is 24.3 Å². The highest BCUT2D eigenvalue weighted by atomic mass is 32.2. The van der Waals surface area contributed by atoms with E-state index < -0.39 is 0 Å². The Hall–Kier alpha value is -0.470. The first-order chi connectivity index (χ1) is 9.84. The van der Waals surface area contributed by atoms with E-state index >= 15 is 0 Å². The molecule has 0 atom stereocenters. The van der Waals surface area contributed by atoms with E-state index in [0.29, 0.717) is 0 Å². The van der Waals surface area contributed by atoms with Crippen molar-refractivity contribution in [2.45, 2.75) is 56.3 Å². The number of hydrogen-bond acceptors (Lipinski definition) is 2. The number of benzene rings is 1. The lowest BCUT2D eigenvalue weighted by molar-refractivity contribution is 0.300. The molecule has 0 amide bonds. The molecule has 0 bridgehead atoms. The second-order valence-electron chi connectivity index (χ2n) is 6.56. The molecular weight excluding hydrogens is 262 g/mol. The molecule has 1 saturated heterocycles. The second-order valence-corrected chi connectivity index (χ2v) is 7.78. The van der Waals surface area contributed by atoms with Crippen molar-refractivity contribution in [2.75, 3.05) is 18.1 Å². The maximum atomic E-state index is 6.20. The van der Waals surface area contributed by atoms with Crippen LogP contribution in [0.5, 0.6) is 0 Å². The van der Waals surface area contributed by atoms with Crippen LogP contribution < -0.4 is 5.73 Å². The van der Waals surface area contributed by atoms with E-state index in [1.165, 1.54) is 62.0 Å². The zero-order chi connectivity index (χ0) is 13.8. The molecule has 2 aliphatic rings. The average molecular weight is 289 g/mol. The summed E-state index contributed by atoms with van der Waals surface area (Å²) < 4.78 is 0. The molecule has 0 spiro atoms. The van der Waals surface area contributed by atoms with Gasteiger partial charge < -0.3 is 5.73 Å². The zero-order valence-corrected chi connectivity index (χ0v) is 13.3. The van der Waals surface area contributed by atoms with Crippen LogP contribution in [0.3, 0.4) is 0 Å². The van der Waals surface area contributed by atoms with E-state index in [-0.39, 0.29) is 5.41 Å². The minimum Gasteiger partial charge on any atom is -0.330 e. The maximum absolute atomic E-state index is 6.20. The van der Waals surface area contributed by atoms with Gasteiger partial charge in [0.25, 0.3) is 0 Å². The third kappa shape index (κ3) is 2.92. The van der Waals surface area contributed by atoms with Crippen molar-refractivity contribution in [3.8, 4) is 0 Å². The summed E-state index contributed by atoms with van der Waals surface area (Å²) in [4.78, 5) is 0. The van der Waals surface area contributed by atoms with Crippen molar-refractivity contribution in [2.24, 2.45) is 5.73 Å². The maximum Gasteiger partial charge on any atom is 0.00756 e. The molecule has 1 nitrogen and oxygen atoms in total. The van der Waals surface area contributed by atoms with Gasteiger partial charge in [0.2, 0.25) is 0 Å². The molecule has 0 unspecified atom stereocenters. The predicted molar refractivity (Wildman–Crippen MR) is 89.6 cm³/mol. The van der Waals surface area contributed by atoms with Gasteiger partial charge in [-0.05, 0) is 54.2 Å². The number of nitrogens with two attached hydrogens (primary N) is 1. The lowest BCUT2D eigenvalue weighted by Crippen LogP contribution is -2.37. The van der Waals surface area contributed by atoms with Gasteiger partial charge >= 0.3 is 0 Å². The molecule has 0 radical (unpaired) electrons. The second kappa shape index (κ2) is 6.53. The van der Waals surface area contributed by atoms with Crippen LogP contribution >= 0.6 is 11.8 Å². The molecule has 110 valence electrons. The summed E-state index contributed by atoms with van der Waals surface area (Å²) in [7, 11) is 0. The first-order valence-electron chi connectivity index (χ1n) is 8.22. The molecule has 2 fully saturated rings. The number of thioether (sulfide) groups is 1. The highest BCUT2D eigenvalue weighted by Crippen LogP contribution is 2.40. The van der Waals surface area contributed by atoms with Gasteiger partial charge in [-0.15, -0.1) is 0 Å². The van der Waals surface area contributed by atoms with Gasteiger partial charge in [0.15, 0.2) is 0 Å². The van der Waals surface area contributed by atoms with Gasteiger partial charge in [-0.25, -0.2) is 0 Å². The van der Waals surface area contributed by atoms with Gasteiger partial charge in [0, 0.05) is 12.0 Å². The fourth-order valence-electron chi connectivity index (χ4n) is 3.99. The quantitative estimate of drug-likeness (QED) is 0.889. The lowest BCUT2D eigenvalue weighted by atomic mass is 9.69. The fourth-order valence-corrected chi connectivity index (χ4v) is 5.10. The van der Waals surface area contributed by atoms with E-state index in [1.54, 1.807) is 5.56 Å². The Morgan fingerprint density at radius 3 is 2.55 bits per heavy atom. The minimum absolute atomic E-state index is 0.275. The number of rotatable bonds is 3. The standard InChI is InChI=1S/C18H27NS/c19-14-18(9-2-1-3-10-18)17-6-4-5-16(13-17)15-7-11-20-12-8-15/h4-6,13,15H,1-3,7-12,14,19H2. The minimum atomic E-state index is 0.275. The molecule has 1 saturated carbocycles. The monoisotopic (exact) mass is 289 g/mol.